The van der Waals surface area contributed by atoms with Gasteiger partial charge in [0.15, 0.2) is 0 Å². The quantitative estimate of drug-likeness (QED) is 0.349. The molecule has 8 nitrogen and oxygen atoms in total. The lowest BCUT2D eigenvalue weighted by molar-refractivity contribution is 0.641. The lowest BCUT2D eigenvalue weighted by Crippen LogP contribution is -2.71. The van der Waals surface area contributed by atoms with Crippen molar-refractivity contribution in [2.24, 2.45) is 0 Å². The monoisotopic (exact) mass is 480 g/mol. The number of rotatable bonds is 6. The molecule has 5 aromatic rings. The van der Waals surface area contributed by atoms with Crippen molar-refractivity contribution in [3.05, 3.63) is 98.1 Å². The molecular formula is C26H34B2N8-2. The summed E-state index contributed by atoms with van der Waals surface area (Å²) < 4.78 is 8.33. The molecule has 36 heavy (non-hydrogen) atoms. The van der Waals surface area contributed by atoms with Crippen LogP contribution in [0.1, 0.15) is 41.5 Å². The van der Waals surface area contributed by atoms with E-state index in [0.717, 1.165) is 10.9 Å². The fourth-order valence-corrected chi connectivity index (χ4v) is 6.51. The number of aromatic nitrogens is 8. The second kappa shape index (κ2) is 8.40. The third-order valence-electron chi connectivity index (χ3n) is 7.89. The van der Waals surface area contributed by atoms with Crippen LogP contribution in [-0.4, -0.2) is 51.6 Å². The minimum atomic E-state index is -1.65. The van der Waals surface area contributed by atoms with Gasteiger partial charge >= 0.3 is 0 Å². The van der Waals surface area contributed by atoms with E-state index in [4.69, 9.17) is 20.4 Å². The second-order valence-electron chi connectivity index (χ2n) is 11.9. The fourth-order valence-electron chi connectivity index (χ4n) is 6.51. The van der Waals surface area contributed by atoms with Crippen molar-refractivity contribution in [2.45, 2.75) is 52.2 Å². The summed E-state index contributed by atoms with van der Waals surface area (Å²) in [6.45, 7) is 13.5. The predicted octanol–water partition coefficient (Wildman–Crippen LogP) is 3.56. The summed E-state index contributed by atoms with van der Waals surface area (Å²) in [5, 5.41) is 18.7. The van der Waals surface area contributed by atoms with Crippen LogP contribution < -0.4 is 10.9 Å². The first-order chi connectivity index (χ1) is 17.1. The van der Waals surface area contributed by atoms with Crippen molar-refractivity contribution in [1.29, 1.82) is 0 Å². The zero-order valence-electron chi connectivity index (χ0n) is 22.0. The molecule has 0 saturated heterocycles. The predicted molar refractivity (Wildman–Crippen MR) is 147 cm³/mol. The van der Waals surface area contributed by atoms with E-state index in [1.54, 1.807) is 0 Å². The molecule has 0 fully saturated rings. The van der Waals surface area contributed by atoms with Crippen LogP contribution in [0.2, 0.25) is 10.6 Å². The van der Waals surface area contributed by atoms with Crippen LogP contribution in [0.4, 0.5) is 0 Å². The van der Waals surface area contributed by atoms with Crippen LogP contribution in [0, 0.1) is 0 Å². The molecule has 4 heterocycles. The van der Waals surface area contributed by atoms with E-state index in [2.05, 4.69) is 84.2 Å². The standard InChI is InChI=1S/C26H34B2N8/c1-25(2,3)27(33-18-8-14-29-33,34-19-9-15-30-34)23-12-7-13-24(22-23)28(26(4,5)6,35-20-10-16-31-35)36-21-11-17-32-36/h7-22H,1-6H3/q-2. The van der Waals surface area contributed by atoms with Crippen molar-refractivity contribution in [2.75, 3.05) is 0 Å². The normalized spacial score (nSPS) is 13.3. The molecule has 0 aliphatic heterocycles. The Morgan fingerprint density at radius 3 is 1.03 bits per heavy atom. The maximum absolute atomic E-state index is 4.78. The Labute approximate surface area is 212 Å². The van der Waals surface area contributed by atoms with Crippen LogP contribution in [0.3, 0.4) is 0 Å². The highest BCUT2D eigenvalue weighted by atomic mass is 15.4. The minimum absolute atomic E-state index is 0.231. The summed E-state index contributed by atoms with van der Waals surface area (Å²) in [6, 6.07) is 16.8. The molecule has 0 radical (unpaired) electrons. The van der Waals surface area contributed by atoms with E-state index in [1.165, 1.54) is 0 Å². The van der Waals surface area contributed by atoms with Crippen LogP contribution >= 0.6 is 0 Å². The third kappa shape index (κ3) is 3.31. The first kappa shape index (κ1) is 23.9. The van der Waals surface area contributed by atoms with Gasteiger partial charge < -0.3 is 18.4 Å². The van der Waals surface area contributed by atoms with Gasteiger partial charge in [-0.25, -0.2) is 20.4 Å². The molecule has 0 bridgehead atoms. The van der Waals surface area contributed by atoms with Crippen molar-refractivity contribution < 1.29 is 0 Å². The molecule has 186 valence electrons. The maximum atomic E-state index is 4.78. The first-order valence-corrected chi connectivity index (χ1v) is 12.5. The van der Waals surface area contributed by atoms with Gasteiger partial charge in [0.25, 0.3) is 12.8 Å². The molecule has 10 heteroatoms. The van der Waals surface area contributed by atoms with Gasteiger partial charge in [-0.05, 0) is 49.1 Å². The van der Waals surface area contributed by atoms with Crippen molar-refractivity contribution in [3.8, 4) is 0 Å². The number of nitrogens with zero attached hydrogens (tertiary/aromatic N) is 8. The van der Waals surface area contributed by atoms with E-state index < -0.39 is 12.8 Å². The lowest BCUT2D eigenvalue weighted by atomic mass is 9.25. The summed E-state index contributed by atoms with van der Waals surface area (Å²) in [6.07, 6.45) is 12.2. The van der Waals surface area contributed by atoms with Gasteiger partial charge in [0.1, 0.15) is 0 Å². The number of benzene rings is 1. The largest absolute Gasteiger partial charge is 0.417 e. The van der Waals surface area contributed by atoms with Gasteiger partial charge in [-0.15, -0.1) is 16.7 Å². The highest BCUT2D eigenvalue weighted by Crippen LogP contribution is 2.39. The highest BCUT2D eigenvalue weighted by Gasteiger charge is 2.46. The Kier molecular flexibility index (Phi) is 5.58. The summed E-state index contributed by atoms with van der Waals surface area (Å²) in [4.78, 5) is 0. The first-order valence-electron chi connectivity index (χ1n) is 12.5. The van der Waals surface area contributed by atoms with Gasteiger partial charge in [-0.1, -0.05) is 59.7 Å². The summed E-state index contributed by atoms with van der Waals surface area (Å²) >= 11 is 0. The summed E-state index contributed by atoms with van der Waals surface area (Å²) in [7, 11) is 0. The molecule has 1 aromatic carbocycles. The minimum Gasteiger partial charge on any atom is -0.417 e. The fraction of sp³-hybridized carbons (Fsp3) is 0.308. The van der Waals surface area contributed by atoms with Crippen LogP contribution in [-0.2, 0) is 0 Å². The summed E-state index contributed by atoms with van der Waals surface area (Å²) in [5.41, 5.74) is 2.28. The topological polar surface area (TPSA) is 71.3 Å². The Balaban J connectivity index is 1.87. The van der Waals surface area contributed by atoms with Crippen molar-refractivity contribution >= 4 is 23.8 Å². The molecule has 4 aromatic heterocycles. The summed E-state index contributed by atoms with van der Waals surface area (Å²) in [5.74, 6) is 0. The highest BCUT2D eigenvalue weighted by molar-refractivity contribution is 6.93. The molecule has 0 aliphatic rings. The van der Waals surface area contributed by atoms with E-state index in [0.29, 0.717) is 0 Å². The van der Waals surface area contributed by atoms with Gasteiger partial charge in [-0.3, -0.25) is 0 Å². The molecule has 0 aliphatic carbocycles. The van der Waals surface area contributed by atoms with E-state index in [9.17, 15) is 0 Å². The van der Waals surface area contributed by atoms with Crippen molar-refractivity contribution in [1.82, 2.24) is 38.8 Å². The third-order valence-corrected chi connectivity index (χ3v) is 7.89. The Morgan fingerprint density at radius 2 is 0.806 bits per heavy atom. The van der Waals surface area contributed by atoms with Crippen LogP contribution in [0.5, 0.6) is 0 Å². The van der Waals surface area contributed by atoms with Gasteiger partial charge in [0.05, 0.1) is 0 Å². The Hall–Kier alpha value is -3.81. The smallest absolute Gasteiger partial charge is 0.257 e. The Bertz CT molecular complexity index is 1220. The second-order valence-corrected chi connectivity index (χ2v) is 11.9. The zero-order chi connectivity index (χ0) is 25.6. The molecular weight excluding hydrogens is 446 g/mol. The SMILES string of the molecule is CC(C)(C)[B-](c1cccc([B-](n2cccn2)(n2cccn2)C(C)(C)C)c1)(n1cccn1)n1cccn1. The Morgan fingerprint density at radius 1 is 0.500 bits per heavy atom. The van der Waals surface area contributed by atoms with E-state index in [1.807, 2.05) is 73.8 Å². The zero-order valence-corrected chi connectivity index (χ0v) is 22.0. The molecule has 0 unspecified atom stereocenters. The average molecular weight is 480 g/mol. The number of hydrogen-bond acceptors (Lipinski definition) is 4. The molecule has 5 rings (SSSR count). The van der Waals surface area contributed by atoms with Crippen LogP contribution in [0.25, 0.3) is 0 Å². The van der Waals surface area contributed by atoms with E-state index in [-0.39, 0.29) is 10.6 Å². The molecule has 0 saturated carbocycles. The average Bonchev–Trinajstić information content (AvgIpc) is 3.63. The molecule has 0 atom stereocenters. The van der Waals surface area contributed by atoms with Gasteiger partial charge in [-0.2, -0.15) is 10.9 Å². The van der Waals surface area contributed by atoms with Gasteiger partial charge in [0.2, 0.25) is 0 Å². The molecule has 0 N–H and O–H groups in total. The van der Waals surface area contributed by atoms with Crippen molar-refractivity contribution in [3.63, 3.8) is 0 Å². The lowest BCUT2D eigenvalue weighted by Gasteiger charge is -2.55. The van der Waals surface area contributed by atoms with Gasteiger partial charge in [0, 0.05) is 24.8 Å². The number of hydrogen-bond donors (Lipinski definition) is 0. The van der Waals surface area contributed by atoms with E-state index >= 15 is 0 Å². The maximum Gasteiger partial charge on any atom is 0.257 e. The molecule has 0 amide bonds. The molecule has 0 spiro atoms. The van der Waals surface area contributed by atoms with Crippen LogP contribution in [0.15, 0.2) is 98.1 Å².